The molecule has 0 spiro atoms. The van der Waals surface area contributed by atoms with Crippen LogP contribution in [0.1, 0.15) is 6.42 Å². The van der Waals surface area contributed by atoms with E-state index in [-0.39, 0.29) is 0 Å². The van der Waals surface area contributed by atoms with Crippen LogP contribution in [0.4, 0.5) is 10.8 Å². The molecule has 0 saturated carbocycles. The fourth-order valence-corrected chi connectivity index (χ4v) is 3.76. The summed E-state index contributed by atoms with van der Waals surface area (Å²) < 4.78 is 3.03. The van der Waals surface area contributed by atoms with Gasteiger partial charge >= 0.3 is 0 Å². The second-order valence-corrected chi connectivity index (χ2v) is 7.21. The van der Waals surface area contributed by atoms with Gasteiger partial charge in [-0.25, -0.2) is 4.98 Å². The summed E-state index contributed by atoms with van der Waals surface area (Å²) in [5.74, 6) is 0.999. The molecule has 0 bridgehead atoms. The van der Waals surface area contributed by atoms with Crippen molar-refractivity contribution >= 4 is 45.5 Å². The quantitative estimate of drug-likeness (QED) is 0.507. The number of imidazole rings is 1. The number of nitrogens with zero attached hydrogens (tertiary/aromatic N) is 4. The van der Waals surface area contributed by atoms with Crippen LogP contribution in [0.2, 0.25) is 5.02 Å². The zero-order valence-electron chi connectivity index (χ0n) is 11.6. The summed E-state index contributed by atoms with van der Waals surface area (Å²) in [6.07, 6.45) is 6.67. The van der Waals surface area contributed by atoms with Gasteiger partial charge in [-0.05, 0) is 18.6 Å². The van der Waals surface area contributed by atoms with Crippen molar-refractivity contribution in [2.75, 3.05) is 11.1 Å². The molecule has 114 valence electrons. The molecule has 0 aliphatic heterocycles. The fraction of sp³-hybridized carbons (Fsp3) is 0.214. The minimum Gasteiger partial charge on any atom is -0.337 e. The Hall–Kier alpha value is -1.57. The number of rotatable bonds is 7. The van der Waals surface area contributed by atoms with E-state index in [0.717, 1.165) is 33.9 Å². The van der Waals surface area contributed by atoms with Crippen LogP contribution < -0.4 is 5.32 Å². The van der Waals surface area contributed by atoms with Crippen molar-refractivity contribution < 1.29 is 0 Å². The number of benzene rings is 1. The Morgan fingerprint density at radius 3 is 3.00 bits per heavy atom. The van der Waals surface area contributed by atoms with E-state index in [1.54, 1.807) is 18.0 Å². The lowest BCUT2D eigenvalue weighted by Gasteiger charge is -2.03. The van der Waals surface area contributed by atoms with Gasteiger partial charge in [-0.1, -0.05) is 46.8 Å². The molecule has 2 heterocycles. The first-order chi connectivity index (χ1) is 10.8. The molecule has 3 rings (SSSR count). The van der Waals surface area contributed by atoms with Crippen LogP contribution in [0.3, 0.4) is 0 Å². The van der Waals surface area contributed by atoms with Crippen LogP contribution in [0.25, 0.3) is 0 Å². The number of aromatic nitrogens is 4. The van der Waals surface area contributed by atoms with E-state index in [1.807, 2.05) is 36.8 Å². The SMILES string of the molecule is Clc1ccccc1Nc1nnc(SCCCn2ccnc2)s1. The standard InChI is InChI=1S/C14H14ClN5S2/c15-11-4-1-2-5-12(11)17-13-18-19-14(22-13)21-9-3-7-20-8-6-16-10-20/h1-2,4-6,8,10H,3,7,9H2,(H,17,18). The van der Waals surface area contributed by atoms with E-state index >= 15 is 0 Å². The lowest BCUT2D eigenvalue weighted by Crippen LogP contribution is -1.95. The van der Waals surface area contributed by atoms with E-state index in [0.29, 0.717) is 5.02 Å². The first kappa shape index (κ1) is 15.3. The molecule has 0 amide bonds. The number of hydrogen-bond donors (Lipinski definition) is 1. The van der Waals surface area contributed by atoms with Gasteiger partial charge in [0.1, 0.15) is 0 Å². The number of hydrogen-bond acceptors (Lipinski definition) is 6. The molecule has 3 aromatic rings. The van der Waals surface area contributed by atoms with Gasteiger partial charge in [-0.2, -0.15) is 0 Å². The molecular formula is C14H14ClN5S2. The molecule has 0 atom stereocenters. The van der Waals surface area contributed by atoms with Crippen molar-refractivity contribution in [3.63, 3.8) is 0 Å². The number of aryl methyl sites for hydroxylation is 1. The number of anilines is 2. The molecule has 0 fully saturated rings. The summed E-state index contributed by atoms with van der Waals surface area (Å²) in [4.78, 5) is 4.03. The Balaban J connectivity index is 1.48. The van der Waals surface area contributed by atoms with Gasteiger partial charge in [0.2, 0.25) is 5.13 Å². The minimum atomic E-state index is 0.673. The van der Waals surface area contributed by atoms with E-state index in [9.17, 15) is 0 Å². The van der Waals surface area contributed by atoms with Crippen LogP contribution in [0.5, 0.6) is 0 Å². The van der Waals surface area contributed by atoms with Crippen molar-refractivity contribution in [2.45, 2.75) is 17.3 Å². The molecule has 0 saturated heterocycles. The summed E-state index contributed by atoms with van der Waals surface area (Å²) in [7, 11) is 0. The molecule has 8 heteroatoms. The molecule has 1 N–H and O–H groups in total. The van der Waals surface area contributed by atoms with Crippen molar-refractivity contribution in [3.8, 4) is 0 Å². The summed E-state index contributed by atoms with van der Waals surface area (Å²) in [5, 5.41) is 12.9. The molecule has 1 aromatic carbocycles. The van der Waals surface area contributed by atoms with E-state index < -0.39 is 0 Å². The molecule has 0 radical (unpaired) electrons. The number of thioether (sulfide) groups is 1. The zero-order chi connectivity index (χ0) is 15.2. The average molecular weight is 352 g/mol. The first-order valence-corrected chi connectivity index (χ1v) is 8.93. The van der Waals surface area contributed by atoms with Crippen LogP contribution in [0.15, 0.2) is 47.3 Å². The maximum Gasteiger partial charge on any atom is 0.210 e. The third-order valence-corrected chi connectivity index (χ3v) is 5.26. The Labute approximate surface area is 141 Å². The number of para-hydroxylation sites is 1. The largest absolute Gasteiger partial charge is 0.337 e. The molecule has 0 aliphatic rings. The highest BCUT2D eigenvalue weighted by atomic mass is 35.5. The molecule has 0 unspecified atom stereocenters. The molecule has 0 aliphatic carbocycles. The summed E-state index contributed by atoms with van der Waals surface area (Å²) in [6, 6.07) is 7.59. The molecule has 5 nitrogen and oxygen atoms in total. The van der Waals surface area contributed by atoms with Gasteiger partial charge in [0.15, 0.2) is 4.34 Å². The normalized spacial score (nSPS) is 10.8. The van der Waals surface area contributed by atoms with Crippen molar-refractivity contribution in [2.24, 2.45) is 0 Å². The van der Waals surface area contributed by atoms with Crippen molar-refractivity contribution in [3.05, 3.63) is 48.0 Å². The van der Waals surface area contributed by atoms with Crippen LogP contribution in [0, 0.1) is 0 Å². The maximum absolute atomic E-state index is 6.11. The summed E-state index contributed by atoms with van der Waals surface area (Å²) in [6.45, 7) is 0.969. The monoisotopic (exact) mass is 351 g/mol. The summed E-state index contributed by atoms with van der Waals surface area (Å²) >= 11 is 9.37. The Bertz CT molecular complexity index is 714. The van der Waals surface area contributed by atoms with Gasteiger partial charge in [0, 0.05) is 24.7 Å². The highest BCUT2D eigenvalue weighted by Crippen LogP contribution is 2.30. The molecule has 22 heavy (non-hydrogen) atoms. The molecule has 2 aromatic heterocycles. The maximum atomic E-state index is 6.11. The van der Waals surface area contributed by atoms with Crippen LogP contribution in [-0.2, 0) is 6.54 Å². The Kier molecular flexibility index (Phi) is 5.31. The average Bonchev–Trinajstić information content (AvgIpc) is 3.18. The zero-order valence-corrected chi connectivity index (χ0v) is 14.0. The van der Waals surface area contributed by atoms with Gasteiger partial charge in [0.25, 0.3) is 0 Å². The van der Waals surface area contributed by atoms with Gasteiger partial charge in [-0.3, -0.25) is 0 Å². The minimum absolute atomic E-state index is 0.673. The lowest BCUT2D eigenvalue weighted by molar-refractivity contribution is 0.683. The van der Waals surface area contributed by atoms with Gasteiger partial charge < -0.3 is 9.88 Å². The number of nitrogens with one attached hydrogen (secondary N) is 1. The first-order valence-electron chi connectivity index (χ1n) is 6.75. The second kappa shape index (κ2) is 7.62. The van der Waals surface area contributed by atoms with Crippen LogP contribution in [-0.4, -0.2) is 25.5 Å². The predicted octanol–water partition coefficient (Wildman–Crippen LogP) is 4.31. The lowest BCUT2D eigenvalue weighted by atomic mass is 10.3. The topological polar surface area (TPSA) is 55.6 Å². The van der Waals surface area contributed by atoms with E-state index in [2.05, 4.69) is 25.1 Å². The number of halogens is 1. The van der Waals surface area contributed by atoms with Crippen LogP contribution >= 0.6 is 34.7 Å². The predicted molar refractivity (Wildman–Crippen MR) is 92.2 cm³/mol. The summed E-state index contributed by atoms with van der Waals surface area (Å²) in [5.41, 5.74) is 0.844. The smallest absolute Gasteiger partial charge is 0.210 e. The van der Waals surface area contributed by atoms with Gasteiger partial charge in [0.05, 0.1) is 17.0 Å². The van der Waals surface area contributed by atoms with Crippen molar-refractivity contribution in [1.29, 1.82) is 0 Å². The Morgan fingerprint density at radius 2 is 2.18 bits per heavy atom. The second-order valence-electron chi connectivity index (χ2n) is 4.48. The van der Waals surface area contributed by atoms with E-state index in [4.69, 9.17) is 11.6 Å². The Morgan fingerprint density at radius 1 is 1.27 bits per heavy atom. The van der Waals surface area contributed by atoms with E-state index in [1.165, 1.54) is 11.3 Å². The molecular weight excluding hydrogens is 338 g/mol. The van der Waals surface area contributed by atoms with Crippen molar-refractivity contribution in [1.82, 2.24) is 19.7 Å². The van der Waals surface area contributed by atoms with Gasteiger partial charge in [-0.15, -0.1) is 10.2 Å². The third kappa shape index (κ3) is 4.22. The third-order valence-electron chi connectivity index (χ3n) is 2.87. The fourth-order valence-electron chi connectivity index (χ4n) is 1.82. The highest BCUT2D eigenvalue weighted by molar-refractivity contribution is 8.01. The highest BCUT2D eigenvalue weighted by Gasteiger charge is 2.06.